The van der Waals surface area contributed by atoms with Crippen molar-refractivity contribution in [3.63, 3.8) is 0 Å². The van der Waals surface area contributed by atoms with Crippen molar-refractivity contribution in [2.24, 2.45) is 13.0 Å². The summed E-state index contributed by atoms with van der Waals surface area (Å²) in [5, 5.41) is 7.50. The van der Waals surface area contributed by atoms with Gasteiger partial charge in [-0.1, -0.05) is 19.1 Å². The van der Waals surface area contributed by atoms with Crippen LogP contribution in [0.1, 0.15) is 26.7 Å². The zero-order valence-electron chi connectivity index (χ0n) is 12.6. The minimum atomic E-state index is -3.62. The number of sulfonamides is 1. The average molecular weight is 380 g/mol. The molecule has 0 aromatic carbocycles. The zero-order chi connectivity index (χ0) is 15.6. The number of aromatic nitrogens is 3. The molecule has 0 spiro atoms. The molecule has 7 nitrogen and oxygen atoms in total. The topological polar surface area (TPSA) is 80.1 Å². The molecule has 0 aliphatic carbocycles. The van der Waals surface area contributed by atoms with E-state index in [1.807, 2.05) is 0 Å². The molecule has 1 aliphatic rings. The second-order valence-electron chi connectivity index (χ2n) is 5.72. The standard InChI is InChI=1S/C12H22BrN5O2S/c1-9(2)10(18-6-4-5-7-18)8-14-21(19,20)12-11(13)15-16-17(12)3/h9-10,14H,4-8H2,1-3H3. The van der Waals surface area contributed by atoms with Gasteiger partial charge in [0.05, 0.1) is 0 Å². The van der Waals surface area contributed by atoms with Crippen LogP contribution in [0.25, 0.3) is 0 Å². The molecule has 21 heavy (non-hydrogen) atoms. The molecule has 0 saturated carbocycles. The van der Waals surface area contributed by atoms with Crippen molar-refractivity contribution in [1.29, 1.82) is 0 Å². The van der Waals surface area contributed by atoms with E-state index in [1.54, 1.807) is 7.05 Å². The van der Waals surface area contributed by atoms with Gasteiger partial charge in [0.15, 0.2) is 4.60 Å². The lowest BCUT2D eigenvalue weighted by molar-refractivity contribution is 0.193. The maximum Gasteiger partial charge on any atom is 0.260 e. The lowest BCUT2D eigenvalue weighted by atomic mass is 10.0. The summed E-state index contributed by atoms with van der Waals surface area (Å²) in [6.07, 6.45) is 2.38. The van der Waals surface area contributed by atoms with Crippen molar-refractivity contribution in [3.8, 4) is 0 Å². The quantitative estimate of drug-likeness (QED) is 0.796. The van der Waals surface area contributed by atoms with Crippen LogP contribution in [0.5, 0.6) is 0 Å². The number of nitrogens with one attached hydrogen (secondary N) is 1. The molecule has 1 fully saturated rings. The maximum atomic E-state index is 12.4. The van der Waals surface area contributed by atoms with Crippen LogP contribution in [0.2, 0.25) is 0 Å². The van der Waals surface area contributed by atoms with Crippen LogP contribution in [-0.4, -0.2) is 54.0 Å². The predicted octanol–water partition coefficient (Wildman–Crippen LogP) is 0.976. The Morgan fingerprint density at radius 1 is 1.33 bits per heavy atom. The lowest BCUT2D eigenvalue weighted by Crippen LogP contribution is -2.45. The predicted molar refractivity (Wildman–Crippen MR) is 83.3 cm³/mol. The third kappa shape index (κ3) is 3.82. The molecule has 1 saturated heterocycles. The van der Waals surface area contributed by atoms with Crippen LogP contribution in [-0.2, 0) is 17.1 Å². The highest BCUT2D eigenvalue weighted by atomic mass is 79.9. The van der Waals surface area contributed by atoms with Crippen LogP contribution in [0.3, 0.4) is 0 Å². The number of rotatable bonds is 6. The Labute approximate surface area is 134 Å². The van der Waals surface area contributed by atoms with Crippen LogP contribution in [0.15, 0.2) is 9.63 Å². The van der Waals surface area contributed by atoms with Gasteiger partial charge in [0.1, 0.15) is 0 Å². The van der Waals surface area contributed by atoms with Gasteiger partial charge in [-0.2, -0.15) is 0 Å². The Morgan fingerprint density at radius 3 is 2.43 bits per heavy atom. The fraction of sp³-hybridized carbons (Fsp3) is 0.833. The Kier molecular flexibility index (Phi) is 5.39. The summed E-state index contributed by atoms with van der Waals surface area (Å²) >= 11 is 3.13. The molecule has 0 bridgehead atoms. The number of aryl methyl sites for hydroxylation is 1. The van der Waals surface area contributed by atoms with Crippen molar-refractivity contribution >= 4 is 26.0 Å². The van der Waals surface area contributed by atoms with E-state index in [2.05, 4.69) is 49.7 Å². The van der Waals surface area contributed by atoms with Crippen molar-refractivity contribution in [2.75, 3.05) is 19.6 Å². The molecular weight excluding hydrogens is 358 g/mol. The van der Waals surface area contributed by atoms with Gasteiger partial charge in [0.25, 0.3) is 10.0 Å². The van der Waals surface area contributed by atoms with Crippen LogP contribution >= 0.6 is 15.9 Å². The summed E-state index contributed by atoms with van der Waals surface area (Å²) in [7, 11) is -2.06. The van der Waals surface area contributed by atoms with E-state index in [0.29, 0.717) is 12.5 Å². The highest BCUT2D eigenvalue weighted by molar-refractivity contribution is 9.10. The number of nitrogens with zero attached hydrogens (tertiary/aromatic N) is 4. The Hall–Kier alpha value is -0.510. The fourth-order valence-corrected chi connectivity index (χ4v) is 4.87. The smallest absolute Gasteiger partial charge is 0.260 e. The fourth-order valence-electron chi connectivity index (χ4n) is 2.73. The average Bonchev–Trinajstić information content (AvgIpc) is 2.99. The van der Waals surface area contributed by atoms with Crippen LogP contribution < -0.4 is 4.72 Å². The van der Waals surface area contributed by atoms with Gasteiger partial charge in [-0.05, 0) is 47.8 Å². The Balaban J connectivity index is 2.09. The van der Waals surface area contributed by atoms with Crippen molar-refractivity contribution < 1.29 is 8.42 Å². The first kappa shape index (κ1) is 16.9. The summed E-state index contributed by atoms with van der Waals surface area (Å²) in [4.78, 5) is 2.36. The zero-order valence-corrected chi connectivity index (χ0v) is 15.0. The highest BCUT2D eigenvalue weighted by Gasteiger charge is 2.29. The summed E-state index contributed by atoms with van der Waals surface area (Å²) in [6.45, 7) is 6.73. The van der Waals surface area contributed by atoms with Gasteiger partial charge >= 0.3 is 0 Å². The number of hydrogen-bond acceptors (Lipinski definition) is 5. The van der Waals surface area contributed by atoms with Crippen molar-refractivity contribution in [2.45, 2.75) is 37.8 Å². The third-order valence-electron chi connectivity index (χ3n) is 3.85. The third-order valence-corrected chi connectivity index (χ3v) is 6.16. The van der Waals surface area contributed by atoms with E-state index in [4.69, 9.17) is 0 Å². The van der Waals surface area contributed by atoms with Gasteiger partial charge in [0, 0.05) is 19.6 Å². The van der Waals surface area contributed by atoms with Crippen LogP contribution in [0.4, 0.5) is 0 Å². The van der Waals surface area contributed by atoms with E-state index in [-0.39, 0.29) is 15.7 Å². The molecule has 2 heterocycles. The second-order valence-corrected chi connectivity index (χ2v) is 8.15. The van der Waals surface area contributed by atoms with Gasteiger partial charge in [-0.15, -0.1) is 5.10 Å². The van der Waals surface area contributed by atoms with Gasteiger partial charge in [-0.25, -0.2) is 17.8 Å². The van der Waals surface area contributed by atoms with Gasteiger partial charge in [0.2, 0.25) is 5.03 Å². The van der Waals surface area contributed by atoms with Crippen molar-refractivity contribution in [1.82, 2.24) is 24.6 Å². The molecular formula is C12H22BrN5O2S. The molecule has 1 unspecified atom stereocenters. The van der Waals surface area contributed by atoms with E-state index in [9.17, 15) is 8.42 Å². The normalized spacial score (nSPS) is 18.5. The molecule has 0 amide bonds. The first-order chi connectivity index (χ1) is 9.83. The van der Waals surface area contributed by atoms with Crippen molar-refractivity contribution in [3.05, 3.63) is 4.60 Å². The maximum absolute atomic E-state index is 12.4. The largest absolute Gasteiger partial charge is 0.299 e. The number of hydrogen-bond donors (Lipinski definition) is 1. The first-order valence-electron chi connectivity index (χ1n) is 7.12. The molecule has 1 atom stereocenters. The summed E-state index contributed by atoms with van der Waals surface area (Å²) in [6, 6.07) is 0.210. The molecule has 1 aromatic rings. The second kappa shape index (κ2) is 6.72. The molecule has 2 rings (SSSR count). The molecule has 1 aliphatic heterocycles. The van der Waals surface area contributed by atoms with E-state index in [1.165, 1.54) is 17.5 Å². The SMILES string of the molecule is CC(C)C(CNS(=O)(=O)c1c(Br)nnn1C)N1CCCC1. The minimum absolute atomic E-state index is 0.0615. The molecule has 120 valence electrons. The Morgan fingerprint density at radius 2 is 1.95 bits per heavy atom. The van der Waals surface area contributed by atoms with Gasteiger partial charge < -0.3 is 0 Å². The molecule has 9 heteroatoms. The van der Waals surface area contributed by atoms with Gasteiger partial charge in [-0.3, -0.25) is 4.90 Å². The Bertz CT molecular complexity index is 561. The number of likely N-dealkylation sites (tertiary alicyclic amines) is 1. The lowest BCUT2D eigenvalue weighted by Gasteiger charge is -2.30. The van der Waals surface area contributed by atoms with E-state index in [0.717, 1.165) is 13.1 Å². The van der Waals surface area contributed by atoms with E-state index < -0.39 is 10.0 Å². The van der Waals surface area contributed by atoms with Crippen LogP contribution in [0, 0.1) is 5.92 Å². The minimum Gasteiger partial charge on any atom is -0.299 e. The monoisotopic (exact) mass is 379 g/mol. The highest BCUT2D eigenvalue weighted by Crippen LogP contribution is 2.20. The number of halogens is 1. The molecule has 1 N–H and O–H groups in total. The van der Waals surface area contributed by atoms with E-state index >= 15 is 0 Å². The molecule has 0 radical (unpaired) electrons. The summed E-state index contributed by atoms with van der Waals surface area (Å²) < 4.78 is 29.0. The molecule has 1 aromatic heterocycles. The summed E-state index contributed by atoms with van der Waals surface area (Å²) in [5.41, 5.74) is 0. The first-order valence-corrected chi connectivity index (χ1v) is 9.39. The summed E-state index contributed by atoms with van der Waals surface area (Å²) in [5.74, 6) is 0.388.